The first-order valence-electron chi connectivity index (χ1n) is 7.83. The molecular weight excluding hydrogens is 266 g/mol. The summed E-state index contributed by atoms with van der Waals surface area (Å²) in [5.41, 5.74) is 0.232. The van der Waals surface area contributed by atoms with E-state index >= 15 is 0 Å². The molecule has 3 saturated carbocycles. The van der Waals surface area contributed by atoms with E-state index in [1.165, 1.54) is 12.8 Å². The summed E-state index contributed by atoms with van der Waals surface area (Å²) in [5.74, 6) is 0.957. The van der Waals surface area contributed by atoms with Gasteiger partial charge in [0.05, 0.1) is 5.60 Å². The van der Waals surface area contributed by atoms with Crippen LogP contribution in [0.15, 0.2) is 30.3 Å². The van der Waals surface area contributed by atoms with Crippen LogP contribution in [0.25, 0.3) is 0 Å². The number of amides is 1. The second kappa shape index (κ2) is 6.06. The van der Waals surface area contributed by atoms with E-state index in [4.69, 9.17) is 4.74 Å². The first-order valence-corrected chi connectivity index (χ1v) is 7.83. The summed E-state index contributed by atoms with van der Waals surface area (Å²) < 4.78 is 5.18. The summed E-state index contributed by atoms with van der Waals surface area (Å²) in [5, 5.41) is 13.5. The Kier molecular flexibility index (Phi) is 4.15. The SMILES string of the molecule is O=C(NCC1(O)CC2CCC1CC2)OCc1ccccc1. The standard InChI is InChI=1S/C17H23NO3/c19-16(21-11-14-4-2-1-3-5-14)18-12-17(20)10-13-6-8-15(17)9-7-13/h1-5,13,15,20H,6-12H2,(H,18,19). The van der Waals surface area contributed by atoms with Gasteiger partial charge in [-0.05, 0) is 49.5 Å². The van der Waals surface area contributed by atoms with Gasteiger partial charge in [-0.25, -0.2) is 4.79 Å². The van der Waals surface area contributed by atoms with Gasteiger partial charge in [-0.1, -0.05) is 30.3 Å². The van der Waals surface area contributed by atoms with Crippen LogP contribution in [0, 0.1) is 11.8 Å². The van der Waals surface area contributed by atoms with E-state index in [-0.39, 0.29) is 6.61 Å². The Hall–Kier alpha value is -1.55. The first-order chi connectivity index (χ1) is 10.2. The monoisotopic (exact) mass is 289 g/mol. The Balaban J connectivity index is 1.45. The van der Waals surface area contributed by atoms with E-state index in [2.05, 4.69) is 5.32 Å². The van der Waals surface area contributed by atoms with Crippen molar-refractivity contribution in [3.8, 4) is 0 Å². The summed E-state index contributed by atoms with van der Waals surface area (Å²) in [4.78, 5) is 11.8. The van der Waals surface area contributed by atoms with Crippen molar-refractivity contribution in [1.29, 1.82) is 0 Å². The third-order valence-electron chi connectivity index (χ3n) is 5.00. The minimum atomic E-state index is -0.729. The maximum atomic E-state index is 11.8. The third kappa shape index (κ3) is 3.38. The predicted molar refractivity (Wildman–Crippen MR) is 79.6 cm³/mol. The van der Waals surface area contributed by atoms with Crippen molar-refractivity contribution in [1.82, 2.24) is 5.32 Å². The molecule has 1 aromatic carbocycles. The quantitative estimate of drug-likeness (QED) is 0.896. The van der Waals surface area contributed by atoms with E-state index in [1.54, 1.807) is 0 Å². The number of ether oxygens (including phenoxy) is 1. The number of hydrogen-bond donors (Lipinski definition) is 2. The molecule has 0 saturated heterocycles. The van der Waals surface area contributed by atoms with Gasteiger partial charge in [-0.3, -0.25) is 0 Å². The molecule has 0 radical (unpaired) electrons. The zero-order valence-corrected chi connectivity index (χ0v) is 12.3. The van der Waals surface area contributed by atoms with Gasteiger partial charge in [0.1, 0.15) is 6.61 Å². The molecule has 0 aromatic heterocycles. The molecule has 4 rings (SSSR count). The molecule has 3 aliphatic carbocycles. The molecule has 114 valence electrons. The molecule has 1 atom stereocenters. The van der Waals surface area contributed by atoms with Crippen molar-refractivity contribution in [2.75, 3.05) is 6.54 Å². The largest absolute Gasteiger partial charge is 0.445 e. The molecule has 1 amide bonds. The minimum Gasteiger partial charge on any atom is -0.445 e. The lowest BCUT2D eigenvalue weighted by molar-refractivity contribution is -0.0941. The van der Waals surface area contributed by atoms with Crippen LogP contribution in [0.2, 0.25) is 0 Å². The van der Waals surface area contributed by atoms with Crippen LogP contribution in [0.1, 0.15) is 37.7 Å². The Morgan fingerprint density at radius 2 is 1.95 bits per heavy atom. The van der Waals surface area contributed by atoms with Gasteiger partial charge in [0.15, 0.2) is 0 Å². The molecule has 4 nitrogen and oxygen atoms in total. The Morgan fingerprint density at radius 1 is 1.24 bits per heavy atom. The minimum absolute atomic E-state index is 0.261. The molecule has 3 fully saturated rings. The molecule has 1 unspecified atom stereocenters. The highest BCUT2D eigenvalue weighted by molar-refractivity contribution is 5.67. The Labute approximate surface area is 125 Å². The number of aliphatic hydroxyl groups is 1. The number of rotatable bonds is 4. The smallest absolute Gasteiger partial charge is 0.407 e. The average molecular weight is 289 g/mol. The normalized spacial score (nSPS) is 30.9. The number of fused-ring (bicyclic) bond motifs is 3. The van der Waals surface area contributed by atoms with Crippen molar-refractivity contribution in [3.63, 3.8) is 0 Å². The van der Waals surface area contributed by atoms with Gasteiger partial charge in [-0.15, -0.1) is 0 Å². The Morgan fingerprint density at radius 3 is 2.57 bits per heavy atom. The van der Waals surface area contributed by atoms with Crippen LogP contribution in [-0.2, 0) is 11.3 Å². The summed E-state index contributed by atoms with van der Waals surface area (Å²) in [6.07, 6.45) is 4.99. The van der Waals surface area contributed by atoms with Crippen LogP contribution in [0.3, 0.4) is 0 Å². The maximum Gasteiger partial charge on any atom is 0.407 e. The lowest BCUT2D eigenvalue weighted by Gasteiger charge is -2.48. The third-order valence-corrected chi connectivity index (χ3v) is 5.00. The molecule has 21 heavy (non-hydrogen) atoms. The average Bonchev–Trinajstić information content (AvgIpc) is 2.53. The number of hydrogen-bond acceptors (Lipinski definition) is 3. The van der Waals surface area contributed by atoms with Crippen molar-refractivity contribution in [2.24, 2.45) is 11.8 Å². The zero-order chi connectivity index (χ0) is 14.7. The molecule has 0 heterocycles. The van der Waals surface area contributed by atoms with Gasteiger partial charge in [-0.2, -0.15) is 0 Å². The van der Waals surface area contributed by atoms with Crippen LogP contribution in [0.4, 0.5) is 4.79 Å². The second-order valence-electron chi connectivity index (χ2n) is 6.44. The van der Waals surface area contributed by atoms with Gasteiger partial charge >= 0.3 is 6.09 Å². The van der Waals surface area contributed by atoms with E-state index in [0.717, 1.165) is 24.8 Å². The van der Waals surface area contributed by atoms with E-state index < -0.39 is 11.7 Å². The lowest BCUT2D eigenvalue weighted by atomic mass is 9.62. The number of nitrogens with one attached hydrogen (secondary N) is 1. The molecular formula is C17H23NO3. The highest BCUT2D eigenvalue weighted by Crippen LogP contribution is 2.47. The molecule has 0 spiro atoms. The number of carbonyl (C=O) groups is 1. The highest BCUT2D eigenvalue weighted by atomic mass is 16.5. The van der Waals surface area contributed by atoms with Crippen molar-refractivity contribution >= 4 is 6.09 Å². The van der Waals surface area contributed by atoms with Crippen molar-refractivity contribution < 1.29 is 14.6 Å². The summed E-state index contributed by atoms with van der Waals surface area (Å²) >= 11 is 0. The molecule has 2 bridgehead atoms. The zero-order valence-electron chi connectivity index (χ0n) is 12.3. The van der Waals surface area contributed by atoms with Gasteiger partial charge in [0.25, 0.3) is 0 Å². The molecule has 4 heteroatoms. The van der Waals surface area contributed by atoms with Gasteiger partial charge in [0.2, 0.25) is 0 Å². The summed E-state index contributed by atoms with van der Waals surface area (Å²) in [6.45, 7) is 0.568. The fraction of sp³-hybridized carbons (Fsp3) is 0.588. The Bertz CT molecular complexity index is 482. The topological polar surface area (TPSA) is 58.6 Å². The van der Waals surface area contributed by atoms with Crippen LogP contribution < -0.4 is 5.32 Å². The van der Waals surface area contributed by atoms with Gasteiger partial charge in [0, 0.05) is 6.54 Å². The molecule has 3 aliphatic rings. The summed E-state index contributed by atoms with van der Waals surface area (Å²) in [6, 6.07) is 9.59. The molecule has 2 N–H and O–H groups in total. The number of benzene rings is 1. The fourth-order valence-electron chi connectivity index (χ4n) is 3.79. The van der Waals surface area contributed by atoms with Crippen molar-refractivity contribution in [3.05, 3.63) is 35.9 Å². The maximum absolute atomic E-state index is 11.8. The van der Waals surface area contributed by atoms with Crippen LogP contribution in [-0.4, -0.2) is 23.3 Å². The van der Waals surface area contributed by atoms with Gasteiger partial charge < -0.3 is 15.2 Å². The van der Waals surface area contributed by atoms with Crippen LogP contribution >= 0.6 is 0 Å². The number of alkyl carbamates (subject to hydrolysis) is 1. The molecule has 0 aliphatic heterocycles. The second-order valence-corrected chi connectivity index (χ2v) is 6.44. The van der Waals surface area contributed by atoms with Crippen molar-refractivity contribution in [2.45, 2.75) is 44.3 Å². The fourth-order valence-corrected chi connectivity index (χ4v) is 3.79. The van der Waals surface area contributed by atoms with Crippen LogP contribution in [0.5, 0.6) is 0 Å². The lowest BCUT2D eigenvalue weighted by Crippen LogP contribution is -2.54. The van der Waals surface area contributed by atoms with E-state index in [9.17, 15) is 9.90 Å². The predicted octanol–water partition coefficient (Wildman–Crippen LogP) is 2.85. The van der Waals surface area contributed by atoms with E-state index in [0.29, 0.717) is 18.4 Å². The number of carbonyl (C=O) groups excluding carboxylic acids is 1. The highest BCUT2D eigenvalue weighted by Gasteiger charge is 2.46. The first kappa shape index (κ1) is 14.4. The molecule has 1 aromatic rings. The van der Waals surface area contributed by atoms with E-state index in [1.807, 2.05) is 30.3 Å². The summed E-state index contributed by atoms with van der Waals surface area (Å²) in [7, 11) is 0.